The standard InChI is InChI=1S/C17H30N4O/c1-4-6-16-12-18-14(2)20-17(16)19-11-15-7-5-8-21(13-15)9-10-22-3/h12,15H,4-11,13H2,1-3H3,(H,18,19,20). The Balaban J connectivity index is 1.88. The van der Waals surface area contributed by atoms with Crippen LogP contribution in [0.3, 0.4) is 0 Å². The lowest BCUT2D eigenvalue weighted by molar-refractivity contribution is 0.117. The molecular weight excluding hydrogens is 276 g/mol. The first kappa shape index (κ1) is 17.2. The number of nitrogens with zero attached hydrogens (tertiary/aromatic N) is 3. The van der Waals surface area contributed by atoms with Gasteiger partial charge >= 0.3 is 0 Å². The van der Waals surface area contributed by atoms with Crippen LogP contribution in [0.2, 0.25) is 0 Å². The molecule has 1 aromatic heterocycles. The maximum Gasteiger partial charge on any atom is 0.132 e. The Morgan fingerprint density at radius 2 is 2.32 bits per heavy atom. The van der Waals surface area contributed by atoms with Gasteiger partial charge in [0.25, 0.3) is 0 Å². The quantitative estimate of drug-likeness (QED) is 0.800. The Labute approximate surface area is 134 Å². The summed E-state index contributed by atoms with van der Waals surface area (Å²) in [7, 11) is 1.77. The Kier molecular flexibility index (Phi) is 7.06. The molecule has 1 N–H and O–H groups in total. The summed E-state index contributed by atoms with van der Waals surface area (Å²) < 4.78 is 5.19. The summed E-state index contributed by atoms with van der Waals surface area (Å²) in [4.78, 5) is 11.4. The summed E-state index contributed by atoms with van der Waals surface area (Å²) in [6.45, 7) is 9.37. The van der Waals surface area contributed by atoms with E-state index >= 15 is 0 Å². The second-order valence-corrected chi connectivity index (χ2v) is 6.22. The van der Waals surface area contributed by atoms with Crippen LogP contribution >= 0.6 is 0 Å². The highest BCUT2D eigenvalue weighted by Crippen LogP contribution is 2.19. The van der Waals surface area contributed by atoms with Gasteiger partial charge in [-0.25, -0.2) is 9.97 Å². The van der Waals surface area contributed by atoms with Crippen molar-refractivity contribution in [3.8, 4) is 0 Å². The van der Waals surface area contributed by atoms with Gasteiger partial charge in [0, 0.05) is 38.5 Å². The van der Waals surface area contributed by atoms with Crippen molar-refractivity contribution in [1.29, 1.82) is 0 Å². The molecule has 5 heteroatoms. The Morgan fingerprint density at radius 3 is 3.09 bits per heavy atom. The van der Waals surface area contributed by atoms with Gasteiger partial charge in [0.1, 0.15) is 11.6 Å². The Morgan fingerprint density at radius 1 is 1.45 bits per heavy atom. The van der Waals surface area contributed by atoms with Gasteiger partial charge in [0.15, 0.2) is 0 Å². The van der Waals surface area contributed by atoms with Crippen LogP contribution < -0.4 is 5.32 Å². The van der Waals surface area contributed by atoms with E-state index in [0.717, 1.165) is 50.7 Å². The summed E-state index contributed by atoms with van der Waals surface area (Å²) in [6, 6.07) is 0. The third-order valence-electron chi connectivity index (χ3n) is 4.28. The average Bonchev–Trinajstić information content (AvgIpc) is 2.53. The Hall–Kier alpha value is -1.20. The zero-order valence-corrected chi connectivity index (χ0v) is 14.3. The first-order valence-corrected chi connectivity index (χ1v) is 8.50. The van der Waals surface area contributed by atoms with Crippen molar-refractivity contribution < 1.29 is 4.74 Å². The van der Waals surface area contributed by atoms with Gasteiger partial charge in [0.05, 0.1) is 6.61 Å². The molecule has 2 rings (SSSR count). The molecule has 0 bridgehead atoms. The second-order valence-electron chi connectivity index (χ2n) is 6.22. The van der Waals surface area contributed by atoms with Crippen molar-refractivity contribution in [3.05, 3.63) is 17.6 Å². The molecule has 0 amide bonds. The van der Waals surface area contributed by atoms with Crippen LogP contribution in [0.1, 0.15) is 37.6 Å². The third-order valence-corrected chi connectivity index (χ3v) is 4.28. The van der Waals surface area contributed by atoms with E-state index < -0.39 is 0 Å². The predicted octanol–water partition coefficient (Wildman–Crippen LogP) is 2.51. The lowest BCUT2D eigenvalue weighted by Crippen LogP contribution is -2.39. The zero-order valence-electron chi connectivity index (χ0n) is 14.3. The molecule has 1 saturated heterocycles. The van der Waals surface area contributed by atoms with Crippen LogP contribution in [0.4, 0.5) is 5.82 Å². The maximum atomic E-state index is 5.19. The highest BCUT2D eigenvalue weighted by atomic mass is 16.5. The maximum absolute atomic E-state index is 5.19. The highest BCUT2D eigenvalue weighted by Gasteiger charge is 2.19. The second kappa shape index (κ2) is 9.06. The van der Waals surface area contributed by atoms with Crippen LogP contribution in [0.15, 0.2) is 6.20 Å². The monoisotopic (exact) mass is 306 g/mol. The van der Waals surface area contributed by atoms with Crippen molar-refractivity contribution in [2.75, 3.05) is 45.2 Å². The summed E-state index contributed by atoms with van der Waals surface area (Å²) in [5.41, 5.74) is 1.24. The number of aryl methyl sites for hydroxylation is 2. The summed E-state index contributed by atoms with van der Waals surface area (Å²) in [6.07, 6.45) is 6.70. The molecule has 0 radical (unpaired) electrons. The van der Waals surface area contributed by atoms with E-state index in [9.17, 15) is 0 Å². The summed E-state index contributed by atoms with van der Waals surface area (Å²) in [5.74, 6) is 2.56. The summed E-state index contributed by atoms with van der Waals surface area (Å²) >= 11 is 0. The molecule has 1 atom stereocenters. The van der Waals surface area contributed by atoms with Gasteiger partial charge in [0.2, 0.25) is 0 Å². The molecule has 0 aliphatic carbocycles. The first-order valence-electron chi connectivity index (χ1n) is 8.50. The number of anilines is 1. The van der Waals surface area contributed by atoms with Crippen molar-refractivity contribution >= 4 is 5.82 Å². The lowest BCUT2D eigenvalue weighted by atomic mass is 9.98. The molecule has 1 fully saturated rings. The normalized spacial score (nSPS) is 19.3. The largest absolute Gasteiger partial charge is 0.383 e. The van der Waals surface area contributed by atoms with E-state index in [1.807, 2.05) is 13.1 Å². The molecule has 1 aromatic rings. The number of rotatable bonds is 8. The molecule has 0 aromatic carbocycles. The van der Waals surface area contributed by atoms with Crippen molar-refractivity contribution in [2.24, 2.45) is 5.92 Å². The SMILES string of the molecule is CCCc1cnc(C)nc1NCC1CCCN(CCOC)C1. The minimum absolute atomic E-state index is 0.690. The molecule has 2 heterocycles. The third kappa shape index (κ3) is 5.21. The predicted molar refractivity (Wildman–Crippen MR) is 90.3 cm³/mol. The molecule has 0 spiro atoms. The van der Waals surface area contributed by atoms with E-state index in [4.69, 9.17) is 4.74 Å². The molecule has 22 heavy (non-hydrogen) atoms. The first-order chi connectivity index (χ1) is 10.7. The van der Waals surface area contributed by atoms with Crippen LogP contribution in [0, 0.1) is 12.8 Å². The minimum Gasteiger partial charge on any atom is -0.383 e. The van der Waals surface area contributed by atoms with Crippen LogP contribution in [-0.2, 0) is 11.2 Å². The molecule has 1 aliphatic rings. The van der Waals surface area contributed by atoms with E-state index in [1.165, 1.54) is 24.9 Å². The van der Waals surface area contributed by atoms with Gasteiger partial charge in [-0.05, 0) is 38.6 Å². The highest BCUT2D eigenvalue weighted by molar-refractivity contribution is 5.43. The smallest absolute Gasteiger partial charge is 0.132 e. The van der Waals surface area contributed by atoms with E-state index in [-0.39, 0.29) is 0 Å². The average molecular weight is 306 g/mol. The topological polar surface area (TPSA) is 50.3 Å². The number of nitrogens with one attached hydrogen (secondary N) is 1. The zero-order chi connectivity index (χ0) is 15.8. The Bertz CT molecular complexity index is 452. The number of methoxy groups -OCH3 is 1. The van der Waals surface area contributed by atoms with E-state index in [0.29, 0.717) is 5.92 Å². The number of hydrogen-bond acceptors (Lipinski definition) is 5. The summed E-state index contributed by atoms with van der Waals surface area (Å²) in [5, 5.41) is 3.58. The van der Waals surface area contributed by atoms with Crippen molar-refractivity contribution in [3.63, 3.8) is 0 Å². The number of hydrogen-bond donors (Lipinski definition) is 1. The van der Waals surface area contributed by atoms with Gasteiger partial charge < -0.3 is 15.0 Å². The number of likely N-dealkylation sites (tertiary alicyclic amines) is 1. The van der Waals surface area contributed by atoms with Crippen LogP contribution in [0.5, 0.6) is 0 Å². The van der Waals surface area contributed by atoms with Crippen molar-refractivity contribution in [2.45, 2.75) is 39.5 Å². The molecule has 0 saturated carbocycles. The number of ether oxygens (including phenoxy) is 1. The van der Waals surface area contributed by atoms with Gasteiger partial charge in [-0.2, -0.15) is 0 Å². The fourth-order valence-electron chi connectivity index (χ4n) is 3.08. The fourth-order valence-corrected chi connectivity index (χ4v) is 3.08. The molecule has 1 aliphatic heterocycles. The van der Waals surface area contributed by atoms with Gasteiger partial charge in [-0.15, -0.1) is 0 Å². The molecule has 5 nitrogen and oxygen atoms in total. The lowest BCUT2D eigenvalue weighted by Gasteiger charge is -2.32. The number of piperidine rings is 1. The minimum atomic E-state index is 0.690. The van der Waals surface area contributed by atoms with E-state index in [1.54, 1.807) is 7.11 Å². The molecule has 1 unspecified atom stereocenters. The van der Waals surface area contributed by atoms with Crippen LogP contribution in [0.25, 0.3) is 0 Å². The molecule has 124 valence electrons. The van der Waals surface area contributed by atoms with Crippen LogP contribution in [-0.4, -0.2) is 54.8 Å². The fraction of sp³-hybridized carbons (Fsp3) is 0.765. The van der Waals surface area contributed by atoms with E-state index in [2.05, 4.69) is 27.1 Å². The number of aromatic nitrogens is 2. The van der Waals surface area contributed by atoms with Gasteiger partial charge in [-0.3, -0.25) is 0 Å². The molecular formula is C17H30N4O. The van der Waals surface area contributed by atoms with Gasteiger partial charge in [-0.1, -0.05) is 13.3 Å². The van der Waals surface area contributed by atoms with Crippen molar-refractivity contribution in [1.82, 2.24) is 14.9 Å².